The van der Waals surface area contributed by atoms with Gasteiger partial charge in [0.25, 0.3) is 5.56 Å². The fraction of sp³-hybridized carbons (Fsp3) is 0.0833. The molecule has 2 rings (SSSR count). The Labute approximate surface area is 112 Å². The van der Waals surface area contributed by atoms with Crippen LogP contribution in [0.2, 0.25) is 5.02 Å². The number of hydrogen-bond donors (Lipinski definition) is 3. The molecule has 0 amide bonds. The van der Waals surface area contributed by atoms with Crippen LogP contribution < -0.4 is 11.3 Å². The molecule has 98 valence electrons. The smallest absolute Gasteiger partial charge is 0.308 e. The zero-order valence-electron chi connectivity index (χ0n) is 9.68. The molecule has 0 aliphatic carbocycles. The number of halogens is 1. The van der Waals surface area contributed by atoms with E-state index in [9.17, 15) is 9.59 Å². The number of nitrogens with zero attached hydrogens (tertiary/aromatic N) is 1. The van der Waals surface area contributed by atoms with Gasteiger partial charge in [-0.15, -0.1) is 0 Å². The number of rotatable bonds is 3. The minimum Gasteiger partial charge on any atom is -0.481 e. The molecule has 0 unspecified atom stereocenters. The lowest BCUT2D eigenvalue weighted by molar-refractivity contribution is -0.136. The molecule has 0 fully saturated rings. The Balaban J connectivity index is 2.48. The summed E-state index contributed by atoms with van der Waals surface area (Å²) in [6.07, 6.45) is -0.463. The summed E-state index contributed by atoms with van der Waals surface area (Å²) >= 11 is 5.76. The maximum Gasteiger partial charge on any atom is 0.308 e. The monoisotopic (exact) mass is 279 g/mol. The first-order chi connectivity index (χ1) is 8.97. The highest BCUT2D eigenvalue weighted by Crippen LogP contribution is 2.18. The summed E-state index contributed by atoms with van der Waals surface area (Å²) in [6.45, 7) is 0. The molecule has 7 heteroatoms. The molecule has 1 heterocycles. The van der Waals surface area contributed by atoms with Gasteiger partial charge < -0.3 is 15.8 Å². The molecule has 0 aliphatic rings. The van der Waals surface area contributed by atoms with E-state index in [-0.39, 0.29) is 17.2 Å². The summed E-state index contributed by atoms with van der Waals surface area (Å²) in [5.41, 5.74) is 5.65. The first-order valence-electron chi connectivity index (χ1n) is 5.34. The van der Waals surface area contributed by atoms with Gasteiger partial charge in [0.2, 0.25) is 0 Å². The number of nitrogens with two attached hydrogens (primary N) is 1. The Hall–Kier alpha value is -2.34. The number of aromatic nitrogens is 2. The molecule has 0 saturated carbocycles. The highest BCUT2D eigenvalue weighted by molar-refractivity contribution is 6.30. The molecule has 0 saturated heterocycles. The van der Waals surface area contributed by atoms with Crippen molar-refractivity contribution in [2.75, 3.05) is 5.73 Å². The quantitative estimate of drug-likeness (QED) is 0.784. The molecule has 0 aliphatic heterocycles. The van der Waals surface area contributed by atoms with E-state index in [4.69, 9.17) is 22.4 Å². The number of H-pyrrole nitrogens is 1. The number of carbonyl (C=O) groups is 1. The average Bonchev–Trinajstić information content (AvgIpc) is 2.34. The topological polar surface area (TPSA) is 109 Å². The van der Waals surface area contributed by atoms with E-state index in [2.05, 4.69) is 9.97 Å². The molecular formula is C12H10ClN3O3. The predicted octanol–water partition coefficient (Wildman–Crippen LogP) is 1.30. The van der Waals surface area contributed by atoms with Crippen LogP contribution in [0.4, 0.5) is 5.82 Å². The van der Waals surface area contributed by atoms with Gasteiger partial charge in [-0.05, 0) is 24.3 Å². The molecule has 1 aromatic heterocycles. The van der Waals surface area contributed by atoms with Crippen molar-refractivity contribution in [3.63, 3.8) is 0 Å². The summed E-state index contributed by atoms with van der Waals surface area (Å²) in [7, 11) is 0. The second-order valence-corrected chi connectivity index (χ2v) is 4.29. The molecule has 0 radical (unpaired) electrons. The van der Waals surface area contributed by atoms with E-state index in [0.717, 1.165) is 0 Å². The molecule has 4 N–H and O–H groups in total. The van der Waals surface area contributed by atoms with Crippen LogP contribution in [0.25, 0.3) is 11.4 Å². The van der Waals surface area contributed by atoms with Crippen LogP contribution in [0, 0.1) is 0 Å². The Morgan fingerprint density at radius 1 is 1.37 bits per heavy atom. The third kappa shape index (κ3) is 2.92. The normalized spacial score (nSPS) is 10.4. The van der Waals surface area contributed by atoms with Crippen LogP contribution in [0.1, 0.15) is 5.56 Å². The molecule has 6 nitrogen and oxygen atoms in total. The van der Waals surface area contributed by atoms with E-state index >= 15 is 0 Å². The van der Waals surface area contributed by atoms with Crippen molar-refractivity contribution in [3.05, 3.63) is 45.2 Å². The Morgan fingerprint density at radius 2 is 2.00 bits per heavy atom. The van der Waals surface area contributed by atoms with Crippen molar-refractivity contribution in [3.8, 4) is 11.4 Å². The van der Waals surface area contributed by atoms with Gasteiger partial charge in [-0.3, -0.25) is 9.59 Å². The van der Waals surface area contributed by atoms with Gasteiger partial charge in [-0.25, -0.2) is 4.98 Å². The number of benzene rings is 1. The standard InChI is InChI=1S/C12H10ClN3O3/c13-7-3-1-6(2-4-7)11-15-10(14)8(5-9(17)18)12(19)16-11/h1-4H,5H2,(H,17,18)(H3,14,15,16,19). The highest BCUT2D eigenvalue weighted by atomic mass is 35.5. The van der Waals surface area contributed by atoms with Gasteiger partial charge in [0.15, 0.2) is 0 Å². The highest BCUT2D eigenvalue weighted by Gasteiger charge is 2.13. The van der Waals surface area contributed by atoms with E-state index < -0.39 is 17.9 Å². The van der Waals surface area contributed by atoms with Crippen molar-refractivity contribution in [1.82, 2.24) is 9.97 Å². The summed E-state index contributed by atoms with van der Waals surface area (Å²) < 4.78 is 0. The van der Waals surface area contributed by atoms with E-state index in [0.29, 0.717) is 10.6 Å². The van der Waals surface area contributed by atoms with Gasteiger partial charge in [0.1, 0.15) is 11.6 Å². The number of nitrogen functional groups attached to an aromatic ring is 1. The predicted molar refractivity (Wildman–Crippen MR) is 71.1 cm³/mol. The SMILES string of the molecule is Nc1nc(-c2ccc(Cl)cc2)[nH]c(=O)c1CC(=O)O. The van der Waals surface area contributed by atoms with E-state index in [1.807, 2.05) is 0 Å². The minimum atomic E-state index is -1.14. The number of carboxylic acids is 1. The van der Waals surface area contributed by atoms with Crippen LogP contribution in [-0.2, 0) is 11.2 Å². The van der Waals surface area contributed by atoms with Gasteiger partial charge >= 0.3 is 5.97 Å². The Morgan fingerprint density at radius 3 is 2.53 bits per heavy atom. The van der Waals surface area contributed by atoms with Crippen molar-refractivity contribution < 1.29 is 9.90 Å². The van der Waals surface area contributed by atoms with Crippen LogP contribution in [0.3, 0.4) is 0 Å². The van der Waals surface area contributed by atoms with Gasteiger partial charge in [0.05, 0.1) is 12.0 Å². The summed E-state index contributed by atoms with van der Waals surface area (Å²) in [4.78, 5) is 28.9. The van der Waals surface area contributed by atoms with E-state index in [1.165, 1.54) is 0 Å². The summed E-state index contributed by atoms with van der Waals surface area (Å²) in [6, 6.07) is 6.66. The summed E-state index contributed by atoms with van der Waals surface area (Å²) in [5, 5.41) is 9.24. The fourth-order valence-corrected chi connectivity index (χ4v) is 1.71. The molecule has 0 atom stereocenters. The third-order valence-corrected chi connectivity index (χ3v) is 2.75. The third-order valence-electron chi connectivity index (χ3n) is 2.49. The number of aliphatic carboxylic acids is 1. The largest absolute Gasteiger partial charge is 0.481 e. The number of aromatic amines is 1. The first-order valence-corrected chi connectivity index (χ1v) is 5.71. The lowest BCUT2D eigenvalue weighted by Crippen LogP contribution is -2.21. The Kier molecular flexibility index (Phi) is 3.52. The van der Waals surface area contributed by atoms with Crippen molar-refractivity contribution >= 4 is 23.4 Å². The zero-order valence-corrected chi connectivity index (χ0v) is 10.4. The maximum absolute atomic E-state index is 11.8. The zero-order chi connectivity index (χ0) is 14.0. The van der Waals surface area contributed by atoms with Crippen molar-refractivity contribution in [1.29, 1.82) is 0 Å². The second-order valence-electron chi connectivity index (χ2n) is 3.86. The summed E-state index contributed by atoms with van der Waals surface area (Å²) in [5.74, 6) is -0.956. The number of anilines is 1. The van der Waals surface area contributed by atoms with Gasteiger partial charge in [0, 0.05) is 10.6 Å². The number of hydrogen-bond acceptors (Lipinski definition) is 4. The molecule has 19 heavy (non-hydrogen) atoms. The van der Waals surface area contributed by atoms with Gasteiger partial charge in [-0.2, -0.15) is 0 Å². The maximum atomic E-state index is 11.8. The van der Waals surface area contributed by atoms with Crippen molar-refractivity contribution in [2.45, 2.75) is 6.42 Å². The molecule has 1 aromatic carbocycles. The molecular weight excluding hydrogens is 270 g/mol. The van der Waals surface area contributed by atoms with Crippen LogP contribution in [0.5, 0.6) is 0 Å². The van der Waals surface area contributed by atoms with Gasteiger partial charge in [-0.1, -0.05) is 11.6 Å². The number of carboxylic acid groups (broad SMARTS) is 1. The van der Waals surface area contributed by atoms with Crippen molar-refractivity contribution in [2.24, 2.45) is 0 Å². The first kappa shape index (κ1) is 13.1. The average molecular weight is 280 g/mol. The van der Waals surface area contributed by atoms with Crippen LogP contribution in [0.15, 0.2) is 29.1 Å². The fourth-order valence-electron chi connectivity index (χ4n) is 1.58. The number of nitrogens with one attached hydrogen (secondary N) is 1. The lowest BCUT2D eigenvalue weighted by atomic mass is 10.2. The lowest BCUT2D eigenvalue weighted by Gasteiger charge is -2.05. The second kappa shape index (κ2) is 5.11. The molecule has 0 spiro atoms. The van der Waals surface area contributed by atoms with Crippen LogP contribution in [-0.4, -0.2) is 21.0 Å². The Bertz CT molecular complexity index is 680. The minimum absolute atomic E-state index is 0.0507. The molecule has 2 aromatic rings. The van der Waals surface area contributed by atoms with E-state index in [1.54, 1.807) is 24.3 Å². The molecule has 0 bridgehead atoms. The van der Waals surface area contributed by atoms with Crippen LogP contribution >= 0.6 is 11.6 Å².